The van der Waals surface area contributed by atoms with Gasteiger partial charge in [0.15, 0.2) is 0 Å². The van der Waals surface area contributed by atoms with Crippen LogP contribution in [0.4, 0.5) is 0 Å². The number of fused-ring (bicyclic) bond motifs is 8. The third-order valence-corrected chi connectivity index (χ3v) is 7.65. The highest BCUT2D eigenvalue weighted by atomic mass is 15.4. The quantitative estimate of drug-likeness (QED) is 0.201. The molecule has 0 aliphatic heterocycles. The Labute approximate surface area is 207 Å². The van der Waals surface area contributed by atoms with Crippen LogP contribution in [0.15, 0.2) is 109 Å². The van der Waals surface area contributed by atoms with Gasteiger partial charge >= 0.3 is 0 Å². The first-order chi connectivity index (χ1) is 17.9. The van der Waals surface area contributed by atoms with E-state index in [1.807, 2.05) is 6.20 Å². The third-order valence-electron chi connectivity index (χ3n) is 7.65. The van der Waals surface area contributed by atoms with Gasteiger partial charge in [0.05, 0.1) is 11.0 Å². The maximum Gasteiger partial charge on any atom is 0.0794 e. The summed E-state index contributed by atoms with van der Waals surface area (Å²) in [6, 6.07) is 35.3. The fraction of sp³-hybridized carbons (Fsp3) is 0. The van der Waals surface area contributed by atoms with Crippen LogP contribution in [0.25, 0.3) is 76.4 Å². The summed E-state index contributed by atoms with van der Waals surface area (Å²) in [5.41, 5.74) is 10.8. The number of rotatable bonds is 3. The molecular formula is C33H21N3. The van der Waals surface area contributed by atoms with Crippen molar-refractivity contribution in [3.8, 4) is 22.3 Å². The zero-order valence-electron chi connectivity index (χ0n) is 19.4. The van der Waals surface area contributed by atoms with Crippen molar-refractivity contribution in [2.45, 2.75) is 0 Å². The Morgan fingerprint density at radius 2 is 1.28 bits per heavy atom. The molecule has 3 heteroatoms. The lowest BCUT2D eigenvalue weighted by molar-refractivity contribution is 1.06. The first kappa shape index (κ1) is 19.4. The SMILES string of the molecule is N=C/C=C\Nn1c2cccc3c2c2c4c(cc5ccccc5c4c4ccccc4c21)-c1ccccc1-3. The lowest BCUT2D eigenvalue weighted by Crippen LogP contribution is -2.07. The van der Waals surface area contributed by atoms with Gasteiger partial charge in [-0.25, -0.2) is 0 Å². The molecule has 36 heavy (non-hydrogen) atoms. The minimum atomic E-state index is 1.13. The smallest absolute Gasteiger partial charge is 0.0794 e. The molecule has 2 N–H and O–H groups in total. The summed E-state index contributed by atoms with van der Waals surface area (Å²) in [7, 11) is 0. The van der Waals surface area contributed by atoms with Gasteiger partial charge in [-0.1, -0.05) is 84.9 Å². The van der Waals surface area contributed by atoms with Crippen molar-refractivity contribution >= 4 is 60.3 Å². The summed E-state index contributed by atoms with van der Waals surface area (Å²) in [4.78, 5) is 0. The van der Waals surface area contributed by atoms with Gasteiger partial charge in [0.1, 0.15) is 0 Å². The van der Waals surface area contributed by atoms with E-state index in [1.54, 1.807) is 6.08 Å². The molecule has 168 valence electrons. The maximum absolute atomic E-state index is 7.46. The molecule has 1 aliphatic carbocycles. The third kappa shape index (κ3) is 2.34. The van der Waals surface area contributed by atoms with Crippen LogP contribution >= 0.6 is 0 Å². The monoisotopic (exact) mass is 459 g/mol. The van der Waals surface area contributed by atoms with E-state index in [9.17, 15) is 0 Å². The second-order valence-electron chi connectivity index (χ2n) is 9.40. The largest absolute Gasteiger partial charge is 0.309 e. The summed E-state index contributed by atoms with van der Waals surface area (Å²) in [5, 5.41) is 17.6. The Bertz CT molecular complexity index is 2090. The van der Waals surface area contributed by atoms with Gasteiger partial charge in [-0.15, -0.1) is 0 Å². The van der Waals surface area contributed by atoms with Gasteiger partial charge in [0.25, 0.3) is 0 Å². The van der Waals surface area contributed by atoms with Crippen LogP contribution in [0.5, 0.6) is 0 Å². The number of hydrogen-bond acceptors (Lipinski definition) is 2. The summed E-state index contributed by atoms with van der Waals surface area (Å²) < 4.78 is 2.20. The molecular weight excluding hydrogens is 438 g/mol. The molecule has 0 atom stereocenters. The Kier molecular flexibility index (Phi) is 3.81. The molecule has 0 fully saturated rings. The zero-order chi connectivity index (χ0) is 23.8. The van der Waals surface area contributed by atoms with E-state index in [-0.39, 0.29) is 0 Å². The van der Waals surface area contributed by atoms with Gasteiger partial charge in [-0.3, -0.25) is 4.68 Å². The average Bonchev–Trinajstić information content (AvgIpc) is 3.21. The number of benzene rings is 6. The number of hydrogen-bond donors (Lipinski definition) is 2. The van der Waals surface area contributed by atoms with E-state index in [0.29, 0.717) is 0 Å². The van der Waals surface area contributed by atoms with E-state index in [2.05, 4.69) is 107 Å². The molecule has 0 saturated heterocycles. The maximum atomic E-state index is 7.46. The van der Waals surface area contributed by atoms with E-state index >= 15 is 0 Å². The van der Waals surface area contributed by atoms with Crippen molar-refractivity contribution < 1.29 is 0 Å². The highest BCUT2D eigenvalue weighted by Gasteiger charge is 2.27. The number of aromatic nitrogens is 1. The van der Waals surface area contributed by atoms with Crippen LogP contribution in [0, 0.1) is 5.41 Å². The predicted octanol–water partition coefficient (Wildman–Crippen LogP) is 8.61. The molecule has 0 spiro atoms. The molecule has 7 aromatic rings. The van der Waals surface area contributed by atoms with Gasteiger partial charge in [-0.05, 0) is 62.0 Å². The van der Waals surface area contributed by atoms with Crippen molar-refractivity contribution in [1.82, 2.24) is 4.68 Å². The normalized spacial score (nSPS) is 12.4. The van der Waals surface area contributed by atoms with Crippen LogP contribution in [-0.4, -0.2) is 10.9 Å². The van der Waals surface area contributed by atoms with Gasteiger partial charge in [-0.2, -0.15) is 0 Å². The highest BCUT2D eigenvalue weighted by Crippen LogP contribution is 2.52. The molecule has 0 saturated carbocycles. The molecule has 1 heterocycles. The lowest BCUT2D eigenvalue weighted by atomic mass is 9.88. The van der Waals surface area contributed by atoms with Gasteiger partial charge < -0.3 is 10.8 Å². The Morgan fingerprint density at radius 3 is 2.11 bits per heavy atom. The average molecular weight is 460 g/mol. The van der Waals surface area contributed by atoms with Crippen LogP contribution in [0.2, 0.25) is 0 Å². The highest BCUT2D eigenvalue weighted by molar-refractivity contribution is 6.41. The first-order valence-corrected chi connectivity index (χ1v) is 12.2. The molecule has 8 rings (SSSR count). The standard InChI is InChI=1S/C33H21N3/c34-17-8-18-35-36-28-16-7-15-24-22-11-3-4-12-23(22)27-19-20-9-1-2-10-21(20)29-25-13-5-6-14-26(25)33(36)32(30(24)28)31(27)29/h1-19,34-35H/b18-8-,34-17?. The number of nitrogens with zero attached hydrogens (tertiary/aromatic N) is 1. The van der Waals surface area contributed by atoms with Crippen molar-refractivity contribution in [1.29, 1.82) is 5.41 Å². The Balaban J connectivity index is 1.78. The molecule has 0 amide bonds. The van der Waals surface area contributed by atoms with Crippen LogP contribution in [0.1, 0.15) is 0 Å². The van der Waals surface area contributed by atoms with E-state index < -0.39 is 0 Å². The second-order valence-corrected chi connectivity index (χ2v) is 9.40. The molecule has 6 aromatic carbocycles. The fourth-order valence-corrected chi connectivity index (χ4v) is 6.32. The van der Waals surface area contributed by atoms with Crippen LogP contribution in [0.3, 0.4) is 0 Å². The van der Waals surface area contributed by atoms with Crippen molar-refractivity contribution in [3.63, 3.8) is 0 Å². The molecule has 1 aromatic heterocycles. The Morgan fingerprint density at radius 1 is 0.583 bits per heavy atom. The minimum Gasteiger partial charge on any atom is -0.309 e. The molecule has 0 bridgehead atoms. The van der Waals surface area contributed by atoms with E-state index in [4.69, 9.17) is 5.41 Å². The van der Waals surface area contributed by atoms with E-state index in [1.165, 1.54) is 77.1 Å². The first-order valence-electron chi connectivity index (χ1n) is 12.2. The molecule has 1 aliphatic rings. The van der Waals surface area contributed by atoms with E-state index in [0.717, 1.165) is 5.52 Å². The van der Waals surface area contributed by atoms with Crippen LogP contribution < -0.4 is 5.43 Å². The minimum absolute atomic E-state index is 1.13. The second kappa shape index (κ2) is 7.06. The number of allylic oxidation sites excluding steroid dienone is 1. The summed E-state index contributed by atoms with van der Waals surface area (Å²) in [6.45, 7) is 0. The predicted molar refractivity (Wildman–Crippen MR) is 154 cm³/mol. The molecule has 0 unspecified atom stereocenters. The lowest BCUT2D eigenvalue weighted by Gasteiger charge is -2.17. The molecule has 0 radical (unpaired) electrons. The zero-order valence-corrected chi connectivity index (χ0v) is 19.4. The topological polar surface area (TPSA) is 40.8 Å². The summed E-state index contributed by atoms with van der Waals surface area (Å²) in [5.74, 6) is 0. The summed E-state index contributed by atoms with van der Waals surface area (Å²) >= 11 is 0. The summed E-state index contributed by atoms with van der Waals surface area (Å²) in [6.07, 6.45) is 4.84. The van der Waals surface area contributed by atoms with Crippen molar-refractivity contribution in [2.75, 3.05) is 5.43 Å². The van der Waals surface area contributed by atoms with Crippen molar-refractivity contribution in [3.05, 3.63) is 109 Å². The van der Waals surface area contributed by atoms with Gasteiger partial charge in [0.2, 0.25) is 0 Å². The Hall–Kier alpha value is -4.89. The van der Waals surface area contributed by atoms with Gasteiger partial charge in [0, 0.05) is 34.0 Å². The van der Waals surface area contributed by atoms with Crippen LogP contribution in [-0.2, 0) is 0 Å². The van der Waals surface area contributed by atoms with Crippen molar-refractivity contribution in [2.24, 2.45) is 0 Å². The fourth-order valence-electron chi connectivity index (χ4n) is 6.32. The number of nitrogens with one attached hydrogen (secondary N) is 2. The molecule has 3 nitrogen and oxygen atoms in total.